The van der Waals surface area contributed by atoms with Gasteiger partial charge in [0.25, 0.3) is 5.91 Å². The Kier molecular flexibility index (Phi) is 5.66. The molecule has 0 unspecified atom stereocenters. The van der Waals surface area contributed by atoms with Crippen LogP contribution in [-0.4, -0.2) is 28.3 Å². The van der Waals surface area contributed by atoms with Gasteiger partial charge in [-0.1, -0.05) is 18.2 Å². The highest BCUT2D eigenvalue weighted by Crippen LogP contribution is 2.22. The number of rotatable bonds is 5. The van der Waals surface area contributed by atoms with Crippen LogP contribution in [-0.2, 0) is 0 Å². The molecule has 0 aromatic heterocycles. The minimum atomic E-state index is -0.623. The minimum Gasteiger partial charge on any atom is -0.508 e. The molecule has 0 atom stereocenters. The molecule has 0 aliphatic heterocycles. The predicted octanol–water partition coefficient (Wildman–Crippen LogP) is 3.08. The molecule has 140 valence electrons. The van der Waals surface area contributed by atoms with Crippen molar-refractivity contribution in [3.05, 3.63) is 89.5 Å². The molecule has 3 aromatic rings. The molecule has 0 saturated carbocycles. The number of phenols is 2. The summed E-state index contributed by atoms with van der Waals surface area (Å²) in [7, 11) is 0. The van der Waals surface area contributed by atoms with Crippen LogP contribution >= 0.6 is 0 Å². The summed E-state index contributed by atoms with van der Waals surface area (Å²) in [6.45, 7) is 0. The molecule has 0 fully saturated rings. The predicted molar refractivity (Wildman–Crippen MR) is 103 cm³/mol. The molecule has 0 heterocycles. The van der Waals surface area contributed by atoms with Crippen molar-refractivity contribution in [3.63, 3.8) is 0 Å². The Bertz CT molecular complexity index is 1010. The van der Waals surface area contributed by atoms with Gasteiger partial charge in [-0.15, -0.1) is 0 Å². The Hall–Kier alpha value is -4.13. The van der Waals surface area contributed by atoms with Gasteiger partial charge in [0.15, 0.2) is 0 Å². The molecule has 0 aliphatic rings. The van der Waals surface area contributed by atoms with Crippen molar-refractivity contribution in [1.29, 1.82) is 0 Å². The normalized spacial score (nSPS) is 10.6. The summed E-state index contributed by atoms with van der Waals surface area (Å²) in [6, 6.07) is 18.8. The van der Waals surface area contributed by atoms with E-state index in [9.17, 15) is 19.8 Å². The summed E-state index contributed by atoms with van der Waals surface area (Å²) < 4.78 is 5.28. The lowest BCUT2D eigenvalue weighted by atomic mass is 10.2. The maximum absolute atomic E-state index is 12.0. The standard InChI is InChI=1S/C21H16N2O5/c24-16-8-11-18(19(25)12-16)20(26)23-22-13-14-6-9-17(10-7-14)28-21(27)15-4-2-1-3-5-15/h1-13,24-25H,(H,23,26). The molecule has 3 aromatic carbocycles. The van der Waals surface area contributed by atoms with Crippen LogP contribution in [0, 0.1) is 0 Å². The Morgan fingerprint density at radius 3 is 2.32 bits per heavy atom. The van der Waals surface area contributed by atoms with E-state index in [1.165, 1.54) is 18.3 Å². The molecule has 28 heavy (non-hydrogen) atoms. The van der Waals surface area contributed by atoms with Gasteiger partial charge in [0.05, 0.1) is 17.3 Å². The number of carbonyl (C=O) groups is 2. The van der Waals surface area contributed by atoms with Crippen LogP contribution < -0.4 is 10.2 Å². The molecule has 0 saturated heterocycles. The summed E-state index contributed by atoms with van der Waals surface area (Å²) >= 11 is 0. The van der Waals surface area contributed by atoms with Crippen molar-refractivity contribution in [1.82, 2.24) is 5.43 Å². The summed E-state index contributed by atoms with van der Waals surface area (Å²) in [6.07, 6.45) is 1.40. The van der Waals surface area contributed by atoms with Crippen molar-refractivity contribution in [2.45, 2.75) is 0 Å². The Morgan fingerprint density at radius 2 is 1.64 bits per heavy atom. The second kappa shape index (κ2) is 8.50. The number of hydrogen-bond acceptors (Lipinski definition) is 6. The highest BCUT2D eigenvalue weighted by atomic mass is 16.5. The van der Waals surface area contributed by atoms with E-state index in [1.807, 2.05) is 6.07 Å². The zero-order chi connectivity index (χ0) is 19.9. The van der Waals surface area contributed by atoms with Gasteiger partial charge < -0.3 is 14.9 Å². The van der Waals surface area contributed by atoms with E-state index in [1.54, 1.807) is 48.5 Å². The van der Waals surface area contributed by atoms with Crippen LogP contribution in [0.4, 0.5) is 0 Å². The Balaban J connectivity index is 1.58. The quantitative estimate of drug-likeness (QED) is 0.274. The lowest BCUT2D eigenvalue weighted by Crippen LogP contribution is -2.17. The number of hydrazone groups is 1. The van der Waals surface area contributed by atoms with Crippen molar-refractivity contribution in [2.24, 2.45) is 5.10 Å². The second-order valence-electron chi connectivity index (χ2n) is 5.73. The van der Waals surface area contributed by atoms with Gasteiger partial charge in [0, 0.05) is 6.07 Å². The average molecular weight is 376 g/mol. The van der Waals surface area contributed by atoms with Gasteiger partial charge in [-0.3, -0.25) is 4.79 Å². The highest BCUT2D eigenvalue weighted by molar-refractivity contribution is 5.97. The second-order valence-corrected chi connectivity index (χ2v) is 5.73. The first-order chi connectivity index (χ1) is 13.5. The van der Waals surface area contributed by atoms with Crippen molar-refractivity contribution >= 4 is 18.1 Å². The summed E-state index contributed by atoms with van der Waals surface area (Å²) in [4.78, 5) is 24.0. The first-order valence-electron chi connectivity index (χ1n) is 8.25. The molecule has 1 amide bonds. The third-order valence-electron chi connectivity index (χ3n) is 3.71. The molecular weight excluding hydrogens is 360 g/mol. The monoisotopic (exact) mass is 376 g/mol. The minimum absolute atomic E-state index is 0.0156. The highest BCUT2D eigenvalue weighted by Gasteiger charge is 2.10. The van der Waals surface area contributed by atoms with E-state index in [0.29, 0.717) is 16.9 Å². The average Bonchev–Trinajstić information content (AvgIpc) is 2.70. The zero-order valence-electron chi connectivity index (χ0n) is 14.6. The third kappa shape index (κ3) is 4.73. The molecule has 0 bridgehead atoms. The SMILES string of the molecule is O=C(Oc1ccc(C=NNC(=O)c2ccc(O)cc2O)cc1)c1ccccc1. The topological polar surface area (TPSA) is 108 Å². The maximum atomic E-state index is 12.0. The summed E-state index contributed by atoms with van der Waals surface area (Å²) in [5.41, 5.74) is 3.38. The molecule has 0 radical (unpaired) electrons. The molecule has 7 nitrogen and oxygen atoms in total. The van der Waals surface area contributed by atoms with E-state index in [2.05, 4.69) is 10.5 Å². The van der Waals surface area contributed by atoms with Gasteiger partial charge in [-0.2, -0.15) is 5.10 Å². The van der Waals surface area contributed by atoms with Gasteiger partial charge in [-0.05, 0) is 54.1 Å². The number of nitrogens with zero attached hydrogens (tertiary/aromatic N) is 1. The van der Waals surface area contributed by atoms with Crippen molar-refractivity contribution in [3.8, 4) is 17.2 Å². The number of aromatic hydroxyl groups is 2. The smallest absolute Gasteiger partial charge is 0.343 e. The summed E-state index contributed by atoms with van der Waals surface area (Å²) in [5.74, 6) is -1.20. The van der Waals surface area contributed by atoms with Crippen LogP contribution in [0.3, 0.4) is 0 Å². The fourth-order valence-corrected chi connectivity index (χ4v) is 2.30. The van der Waals surface area contributed by atoms with E-state index < -0.39 is 11.9 Å². The van der Waals surface area contributed by atoms with Gasteiger partial charge >= 0.3 is 5.97 Å². The van der Waals surface area contributed by atoms with Gasteiger partial charge in [0.1, 0.15) is 17.2 Å². The molecule has 3 rings (SSSR count). The zero-order valence-corrected chi connectivity index (χ0v) is 14.6. The van der Waals surface area contributed by atoms with E-state index in [0.717, 1.165) is 6.07 Å². The van der Waals surface area contributed by atoms with Gasteiger partial charge in [0.2, 0.25) is 0 Å². The maximum Gasteiger partial charge on any atom is 0.343 e. The molecule has 0 aliphatic carbocycles. The third-order valence-corrected chi connectivity index (χ3v) is 3.71. The van der Waals surface area contributed by atoms with Crippen LogP contribution in [0.2, 0.25) is 0 Å². The number of nitrogens with one attached hydrogen (secondary N) is 1. The Labute approximate surface area is 160 Å². The van der Waals surface area contributed by atoms with E-state index in [-0.39, 0.29) is 17.1 Å². The first-order valence-corrected chi connectivity index (χ1v) is 8.25. The van der Waals surface area contributed by atoms with Crippen LogP contribution in [0.1, 0.15) is 26.3 Å². The summed E-state index contributed by atoms with van der Waals surface area (Å²) in [5, 5.41) is 22.7. The number of carbonyl (C=O) groups excluding carboxylic acids is 2. The lowest BCUT2D eigenvalue weighted by molar-refractivity contribution is 0.0734. The van der Waals surface area contributed by atoms with Crippen LogP contribution in [0.15, 0.2) is 77.9 Å². The van der Waals surface area contributed by atoms with Crippen LogP contribution in [0.25, 0.3) is 0 Å². The number of hydrogen-bond donors (Lipinski definition) is 3. The van der Waals surface area contributed by atoms with E-state index in [4.69, 9.17) is 4.74 Å². The fourth-order valence-electron chi connectivity index (χ4n) is 2.30. The van der Waals surface area contributed by atoms with Gasteiger partial charge in [-0.25, -0.2) is 10.2 Å². The molecular formula is C21H16N2O5. The van der Waals surface area contributed by atoms with E-state index >= 15 is 0 Å². The lowest BCUT2D eigenvalue weighted by Gasteiger charge is -2.05. The van der Waals surface area contributed by atoms with Crippen molar-refractivity contribution in [2.75, 3.05) is 0 Å². The molecule has 0 spiro atoms. The number of esters is 1. The number of benzene rings is 3. The molecule has 7 heteroatoms. The number of phenolic OH excluding ortho intramolecular Hbond substituents is 2. The van der Waals surface area contributed by atoms with Crippen LogP contribution in [0.5, 0.6) is 17.2 Å². The molecule has 3 N–H and O–H groups in total. The number of ether oxygens (including phenoxy) is 1. The largest absolute Gasteiger partial charge is 0.508 e. The fraction of sp³-hybridized carbons (Fsp3) is 0. The van der Waals surface area contributed by atoms with Crippen molar-refractivity contribution < 1.29 is 24.5 Å². The number of amides is 1. The Morgan fingerprint density at radius 1 is 0.929 bits per heavy atom. The first kappa shape index (κ1) is 18.7.